The number of halogens is 1. The van der Waals surface area contributed by atoms with E-state index in [4.69, 9.17) is 16.7 Å². The van der Waals surface area contributed by atoms with Gasteiger partial charge in [-0.05, 0) is 36.4 Å². The molecule has 0 unspecified atom stereocenters. The second-order valence-electron chi connectivity index (χ2n) is 5.96. The zero-order valence-electron chi connectivity index (χ0n) is 12.7. The number of carbonyl (C=O) groups excluding carboxylic acids is 1. The van der Waals surface area contributed by atoms with Crippen LogP contribution >= 0.6 is 11.6 Å². The van der Waals surface area contributed by atoms with E-state index >= 15 is 0 Å². The predicted octanol–water partition coefficient (Wildman–Crippen LogP) is 3.01. The van der Waals surface area contributed by atoms with Crippen molar-refractivity contribution < 1.29 is 14.7 Å². The van der Waals surface area contributed by atoms with Gasteiger partial charge in [0.15, 0.2) is 0 Å². The minimum Gasteiger partial charge on any atom is -0.481 e. The Bertz CT molecular complexity index is 733. The van der Waals surface area contributed by atoms with E-state index in [0.29, 0.717) is 43.9 Å². The first kappa shape index (κ1) is 15.9. The van der Waals surface area contributed by atoms with E-state index in [1.54, 1.807) is 4.90 Å². The molecule has 6 heteroatoms. The van der Waals surface area contributed by atoms with Crippen LogP contribution in [0.15, 0.2) is 30.5 Å². The fourth-order valence-corrected chi connectivity index (χ4v) is 3.27. The largest absolute Gasteiger partial charge is 0.481 e. The van der Waals surface area contributed by atoms with E-state index in [2.05, 4.69) is 0 Å². The van der Waals surface area contributed by atoms with Gasteiger partial charge in [0.1, 0.15) is 0 Å². The van der Waals surface area contributed by atoms with Crippen molar-refractivity contribution in [3.05, 3.63) is 35.5 Å². The fourth-order valence-electron chi connectivity index (χ4n) is 3.10. The third-order valence-corrected chi connectivity index (χ3v) is 4.73. The maximum atomic E-state index is 12.3. The molecule has 0 saturated carbocycles. The lowest BCUT2D eigenvalue weighted by Crippen LogP contribution is -2.40. The number of fused-ring (bicyclic) bond motifs is 1. The number of hydrogen-bond donors (Lipinski definition) is 1. The number of carboxylic acid groups (broad SMARTS) is 1. The summed E-state index contributed by atoms with van der Waals surface area (Å²) in [5, 5.41) is 10.8. The number of likely N-dealkylation sites (tertiary alicyclic amines) is 1. The molecule has 3 rings (SSSR count). The van der Waals surface area contributed by atoms with Crippen molar-refractivity contribution in [3.63, 3.8) is 0 Å². The standard InChI is InChI=1S/C17H19ClN2O3/c18-14-2-1-12-3-7-19(15(12)11-14)10-6-16(21)20-8-4-13(5-9-20)17(22)23/h1-3,7,11,13H,4-6,8-10H2,(H,22,23). The third kappa shape index (κ3) is 3.50. The highest BCUT2D eigenvalue weighted by molar-refractivity contribution is 6.31. The minimum atomic E-state index is -0.757. The van der Waals surface area contributed by atoms with Crippen LogP contribution in [0.5, 0.6) is 0 Å². The molecule has 0 atom stereocenters. The number of hydrogen-bond acceptors (Lipinski definition) is 2. The Hall–Kier alpha value is -2.01. The number of piperidine rings is 1. The summed E-state index contributed by atoms with van der Waals surface area (Å²) in [6.07, 6.45) is 3.46. The Morgan fingerprint density at radius 1 is 1.22 bits per heavy atom. The molecule has 1 saturated heterocycles. The van der Waals surface area contributed by atoms with Crippen molar-refractivity contribution >= 4 is 34.4 Å². The van der Waals surface area contributed by atoms with Gasteiger partial charge in [-0.1, -0.05) is 17.7 Å². The molecule has 0 spiro atoms. The Kier molecular flexibility index (Phi) is 4.57. The van der Waals surface area contributed by atoms with E-state index in [1.807, 2.05) is 35.0 Å². The summed E-state index contributed by atoms with van der Waals surface area (Å²) in [6, 6.07) is 7.73. The van der Waals surface area contributed by atoms with Crippen LogP contribution in [-0.4, -0.2) is 39.5 Å². The van der Waals surface area contributed by atoms with Gasteiger partial charge in [-0.2, -0.15) is 0 Å². The summed E-state index contributed by atoms with van der Waals surface area (Å²) in [6.45, 7) is 1.67. The third-order valence-electron chi connectivity index (χ3n) is 4.50. The number of aryl methyl sites for hydroxylation is 1. The molecule has 0 aliphatic carbocycles. The SMILES string of the molecule is O=C(O)C1CCN(C(=O)CCn2ccc3ccc(Cl)cc32)CC1. The molecule has 1 amide bonds. The van der Waals surface area contributed by atoms with Crippen molar-refractivity contribution in [2.24, 2.45) is 5.92 Å². The lowest BCUT2D eigenvalue weighted by atomic mass is 9.97. The van der Waals surface area contributed by atoms with Gasteiger partial charge >= 0.3 is 5.97 Å². The Labute approximate surface area is 139 Å². The topological polar surface area (TPSA) is 62.5 Å². The Morgan fingerprint density at radius 3 is 2.65 bits per heavy atom. The zero-order valence-corrected chi connectivity index (χ0v) is 13.5. The van der Waals surface area contributed by atoms with Crippen molar-refractivity contribution in [3.8, 4) is 0 Å². The van der Waals surface area contributed by atoms with Crippen molar-refractivity contribution in [1.82, 2.24) is 9.47 Å². The maximum Gasteiger partial charge on any atom is 0.306 e. The zero-order chi connectivity index (χ0) is 16.4. The van der Waals surface area contributed by atoms with E-state index in [9.17, 15) is 9.59 Å². The number of carbonyl (C=O) groups is 2. The number of nitrogens with zero attached hydrogens (tertiary/aromatic N) is 2. The van der Waals surface area contributed by atoms with Crippen molar-refractivity contribution in [1.29, 1.82) is 0 Å². The lowest BCUT2D eigenvalue weighted by Gasteiger charge is -2.30. The van der Waals surface area contributed by atoms with Crippen LogP contribution in [0, 0.1) is 5.92 Å². The van der Waals surface area contributed by atoms with E-state index in [1.165, 1.54) is 0 Å². The number of aromatic nitrogens is 1. The van der Waals surface area contributed by atoms with Gasteiger partial charge in [0.05, 0.1) is 5.92 Å². The van der Waals surface area contributed by atoms with E-state index in [0.717, 1.165) is 10.9 Å². The summed E-state index contributed by atoms with van der Waals surface area (Å²) < 4.78 is 2.03. The number of carboxylic acids is 1. The van der Waals surface area contributed by atoms with Crippen LogP contribution in [0.1, 0.15) is 19.3 Å². The fraction of sp³-hybridized carbons (Fsp3) is 0.412. The van der Waals surface area contributed by atoms with Crippen LogP contribution in [0.3, 0.4) is 0 Å². The average Bonchev–Trinajstić information content (AvgIpc) is 2.95. The van der Waals surface area contributed by atoms with Crippen LogP contribution in [0.4, 0.5) is 0 Å². The van der Waals surface area contributed by atoms with E-state index < -0.39 is 5.97 Å². The van der Waals surface area contributed by atoms with Gasteiger partial charge in [0.25, 0.3) is 0 Å². The van der Waals surface area contributed by atoms with Crippen molar-refractivity contribution in [2.75, 3.05) is 13.1 Å². The molecule has 0 bridgehead atoms. The number of benzene rings is 1. The summed E-state index contributed by atoms with van der Waals surface area (Å²) >= 11 is 6.03. The summed E-state index contributed by atoms with van der Waals surface area (Å²) in [5.41, 5.74) is 1.02. The molecular formula is C17H19ClN2O3. The summed E-state index contributed by atoms with van der Waals surface area (Å²) in [7, 11) is 0. The molecule has 23 heavy (non-hydrogen) atoms. The van der Waals surface area contributed by atoms with Gasteiger partial charge in [-0.3, -0.25) is 9.59 Å². The van der Waals surface area contributed by atoms with Crippen molar-refractivity contribution in [2.45, 2.75) is 25.8 Å². The molecule has 1 aromatic carbocycles. The predicted molar refractivity (Wildman–Crippen MR) is 88.5 cm³/mol. The highest BCUT2D eigenvalue weighted by Crippen LogP contribution is 2.22. The molecule has 2 heterocycles. The lowest BCUT2D eigenvalue weighted by molar-refractivity contribution is -0.145. The first-order valence-electron chi connectivity index (χ1n) is 7.79. The normalized spacial score (nSPS) is 16.0. The molecule has 1 fully saturated rings. The smallest absolute Gasteiger partial charge is 0.306 e. The molecule has 2 aromatic rings. The van der Waals surface area contributed by atoms with Gasteiger partial charge in [0.2, 0.25) is 5.91 Å². The maximum absolute atomic E-state index is 12.3. The van der Waals surface area contributed by atoms with Crippen LogP contribution in [0.25, 0.3) is 10.9 Å². The first-order valence-corrected chi connectivity index (χ1v) is 8.17. The number of amides is 1. The highest BCUT2D eigenvalue weighted by atomic mass is 35.5. The van der Waals surface area contributed by atoms with Gasteiger partial charge < -0.3 is 14.6 Å². The van der Waals surface area contributed by atoms with Gasteiger partial charge in [0, 0.05) is 42.8 Å². The first-order chi connectivity index (χ1) is 11.0. The summed E-state index contributed by atoms with van der Waals surface area (Å²) in [4.78, 5) is 25.0. The molecule has 0 radical (unpaired) electrons. The Balaban J connectivity index is 1.58. The average molecular weight is 335 g/mol. The minimum absolute atomic E-state index is 0.0812. The highest BCUT2D eigenvalue weighted by Gasteiger charge is 2.26. The van der Waals surface area contributed by atoms with Crippen LogP contribution in [0.2, 0.25) is 5.02 Å². The molecule has 5 nitrogen and oxygen atoms in total. The van der Waals surface area contributed by atoms with Gasteiger partial charge in [-0.15, -0.1) is 0 Å². The van der Waals surface area contributed by atoms with Crippen LogP contribution in [-0.2, 0) is 16.1 Å². The summed E-state index contributed by atoms with van der Waals surface area (Å²) in [5.74, 6) is -0.986. The second-order valence-corrected chi connectivity index (χ2v) is 6.39. The second kappa shape index (κ2) is 6.62. The van der Waals surface area contributed by atoms with Crippen LogP contribution < -0.4 is 0 Å². The molecule has 122 valence electrons. The monoisotopic (exact) mass is 334 g/mol. The van der Waals surface area contributed by atoms with Gasteiger partial charge in [-0.25, -0.2) is 0 Å². The number of rotatable bonds is 4. The molecule has 1 aliphatic rings. The molecule has 1 aliphatic heterocycles. The quantitative estimate of drug-likeness (QED) is 0.934. The number of aliphatic carboxylic acids is 1. The molecule has 1 aromatic heterocycles. The molecule has 1 N–H and O–H groups in total. The van der Waals surface area contributed by atoms with E-state index in [-0.39, 0.29) is 11.8 Å². The Morgan fingerprint density at radius 2 is 1.96 bits per heavy atom. The molecular weight excluding hydrogens is 316 g/mol.